The number of carbonyl (C=O) groups is 1. The van der Waals surface area contributed by atoms with Gasteiger partial charge in [-0.3, -0.25) is 4.79 Å². The number of rotatable bonds is 8. The van der Waals surface area contributed by atoms with Crippen LogP contribution in [0, 0.1) is 0 Å². The Hall–Kier alpha value is -3.35. The number of nitrogens with one attached hydrogen (secondary N) is 1. The maximum Gasteiger partial charge on any atom is 0.251 e. The molecule has 0 aliphatic rings. The van der Waals surface area contributed by atoms with E-state index in [0.717, 1.165) is 16.7 Å². The summed E-state index contributed by atoms with van der Waals surface area (Å²) >= 11 is 0. The minimum atomic E-state index is -0.215. The zero-order chi connectivity index (χ0) is 20.1. The summed E-state index contributed by atoms with van der Waals surface area (Å²) in [6.45, 7) is 1.10. The molecule has 0 aliphatic heterocycles. The van der Waals surface area contributed by atoms with E-state index in [9.17, 15) is 4.79 Å². The first-order valence-corrected chi connectivity index (χ1v) is 8.83. The summed E-state index contributed by atoms with van der Waals surface area (Å²) in [6.07, 6.45) is 1.98. The molecule has 1 aromatic heterocycles. The van der Waals surface area contributed by atoms with Crippen molar-refractivity contribution in [1.82, 2.24) is 9.88 Å². The molecule has 1 N–H and O–H groups in total. The van der Waals surface area contributed by atoms with Crippen LogP contribution in [0.1, 0.15) is 10.4 Å². The lowest BCUT2D eigenvalue weighted by molar-refractivity contribution is 0.0951. The Morgan fingerprint density at radius 1 is 0.929 bits per heavy atom. The summed E-state index contributed by atoms with van der Waals surface area (Å²) in [5, 5.41) is 3.97. The van der Waals surface area contributed by atoms with Crippen LogP contribution in [0.15, 0.2) is 42.6 Å². The van der Waals surface area contributed by atoms with Crippen LogP contribution in [0.2, 0.25) is 0 Å². The number of fused-ring (bicyclic) bond motifs is 1. The maximum atomic E-state index is 12.6. The number of hydrogen-bond donors (Lipinski definition) is 1. The zero-order valence-corrected chi connectivity index (χ0v) is 16.4. The highest BCUT2D eigenvalue weighted by atomic mass is 16.5. The number of aromatic nitrogens is 1. The molecule has 0 saturated heterocycles. The molecule has 3 rings (SSSR count). The number of nitrogens with zero attached hydrogens (tertiary/aromatic N) is 1. The van der Waals surface area contributed by atoms with Crippen molar-refractivity contribution in [3.8, 4) is 23.0 Å². The highest BCUT2D eigenvalue weighted by Crippen LogP contribution is 2.38. The van der Waals surface area contributed by atoms with Gasteiger partial charge in [-0.1, -0.05) is 6.07 Å². The Morgan fingerprint density at radius 3 is 2.21 bits per heavy atom. The summed E-state index contributed by atoms with van der Waals surface area (Å²) in [5.74, 6) is 1.95. The molecule has 3 aromatic rings. The number of ether oxygens (including phenoxy) is 4. The van der Waals surface area contributed by atoms with Gasteiger partial charge in [0.2, 0.25) is 5.75 Å². The van der Waals surface area contributed by atoms with Gasteiger partial charge in [0.05, 0.1) is 34.0 Å². The molecule has 0 atom stereocenters. The van der Waals surface area contributed by atoms with E-state index in [2.05, 4.69) is 9.88 Å². The standard InChI is InChI=1S/C21H24N2O5/c1-25-17-7-5-6-16-15(17)8-10-23(16)11-9-22-21(24)14-12-18(26-2)20(28-4)19(13-14)27-3/h5-8,10,12-13H,9,11H2,1-4H3,(H,22,24). The van der Waals surface area contributed by atoms with Crippen molar-refractivity contribution < 1.29 is 23.7 Å². The van der Waals surface area contributed by atoms with E-state index in [4.69, 9.17) is 18.9 Å². The van der Waals surface area contributed by atoms with E-state index in [-0.39, 0.29) is 5.91 Å². The monoisotopic (exact) mass is 384 g/mol. The Balaban J connectivity index is 1.71. The predicted octanol–water partition coefficient (Wildman–Crippen LogP) is 3.11. The lowest BCUT2D eigenvalue weighted by Gasteiger charge is -2.14. The molecule has 7 heteroatoms. The van der Waals surface area contributed by atoms with Crippen LogP contribution in [0.4, 0.5) is 0 Å². The Bertz CT molecular complexity index is 955. The van der Waals surface area contributed by atoms with Crippen molar-refractivity contribution in [3.05, 3.63) is 48.2 Å². The maximum absolute atomic E-state index is 12.6. The van der Waals surface area contributed by atoms with E-state index in [1.807, 2.05) is 30.5 Å². The quantitative estimate of drug-likeness (QED) is 0.646. The molecular formula is C21H24N2O5. The largest absolute Gasteiger partial charge is 0.496 e. The third-order valence-electron chi connectivity index (χ3n) is 4.56. The molecule has 148 valence electrons. The lowest BCUT2D eigenvalue weighted by Crippen LogP contribution is -2.27. The Labute approximate surface area is 163 Å². The molecular weight excluding hydrogens is 360 g/mol. The van der Waals surface area contributed by atoms with Gasteiger partial charge in [0, 0.05) is 30.2 Å². The van der Waals surface area contributed by atoms with Crippen molar-refractivity contribution >= 4 is 16.8 Å². The summed E-state index contributed by atoms with van der Waals surface area (Å²) in [4.78, 5) is 12.6. The van der Waals surface area contributed by atoms with Crippen molar-refractivity contribution in [2.45, 2.75) is 6.54 Å². The van der Waals surface area contributed by atoms with Crippen LogP contribution in [-0.2, 0) is 6.54 Å². The fourth-order valence-corrected chi connectivity index (χ4v) is 3.17. The number of amides is 1. The summed E-state index contributed by atoms with van der Waals surface area (Å²) in [7, 11) is 6.22. The second-order valence-electron chi connectivity index (χ2n) is 6.07. The molecule has 0 fully saturated rings. The normalized spacial score (nSPS) is 10.6. The predicted molar refractivity (Wildman–Crippen MR) is 107 cm³/mol. The van der Waals surface area contributed by atoms with Crippen LogP contribution in [0.25, 0.3) is 10.9 Å². The summed E-state index contributed by atoms with van der Waals surface area (Å²) < 4.78 is 23.4. The Morgan fingerprint density at radius 2 is 1.61 bits per heavy atom. The van der Waals surface area contributed by atoms with Gasteiger partial charge in [-0.15, -0.1) is 0 Å². The Kier molecular flexibility index (Phi) is 5.93. The molecule has 0 radical (unpaired) electrons. The highest BCUT2D eigenvalue weighted by Gasteiger charge is 2.17. The van der Waals surface area contributed by atoms with Crippen molar-refractivity contribution in [2.75, 3.05) is 35.0 Å². The first kappa shape index (κ1) is 19.4. The number of hydrogen-bond acceptors (Lipinski definition) is 5. The molecule has 0 saturated carbocycles. The van der Waals surface area contributed by atoms with Gasteiger partial charge < -0.3 is 28.8 Å². The second-order valence-corrected chi connectivity index (χ2v) is 6.07. The van der Waals surface area contributed by atoms with Gasteiger partial charge in [-0.25, -0.2) is 0 Å². The first-order chi connectivity index (χ1) is 13.6. The number of benzene rings is 2. The van der Waals surface area contributed by atoms with E-state index < -0.39 is 0 Å². The topological polar surface area (TPSA) is 71.0 Å². The summed E-state index contributed by atoms with van der Waals surface area (Å²) in [6, 6.07) is 11.2. The number of carbonyl (C=O) groups excluding carboxylic acids is 1. The highest BCUT2D eigenvalue weighted by molar-refractivity contribution is 5.95. The van der Waals surface area contributed by atoms with E-state index in [1.165, 1.54) is 21.3 Å². The average Bonchev–Trinajstić information content (AvgIpc) is 3.15. The molecule has 0 bridgehead atoms. The van der Waals surface area contributed by atoms with Gasteiger partial charge in [-0.05, 0) is 30.3 Å². The zero-order valence-electron chi connectivity index (χ0n) is 16.4. The van der Waals surface area contributed by atoms with Gasteiger partial charge in [0.1, 0.15) is 5.75 Å². The molecule has 0 unspecified atom stereocenters. The molecule has 2 aromatic carbocycles. The van der Waals surface area contributed by atoms with Gasteiger partial charge in [-0.2, -0.15) is 0 Å². The van der Waals surface area contributed by atoms with E-state index >= 15 is 0 Å². The van der Waals surface area contributed by atoms with Crippen molar-refractivity contribution in [2.24, 2.45) is 0 Å². The molecule has 1 amide bonds. The SMILES string of the molecule is COc1cc(C(=O)NCCn2ccc3c(OC)cccc32)cc(OC)c1OC. The van der Waals surface area contributed by atoms with E-state index in [0.29, 0.717) is 35.9 Å². The van der Waals surface area contributed by atoms with Crippen LogP contribution >= 0.6 is 0 Å². The number of methoxy groups -OCH3 is 4. The van der Waals surface area contributed by atoms with E-state index in [1.54, 1.807) is 19.2 Å². The van der Waals surface area contributed by atoms with Crippen LogP contribution in [0.3, 0.4) is 0 Å². The van der Waals surface area contributed by atoms with Gasteiger partial charge in [0.25, 0.3) is 5.91 Å². The van der Waals surface area contributed by atoms with Gasteiger partial charge in [0.15, 0.2) is 11.5 Å². The molecule has 0 aliphatic carbocycles. The average molecular weight is 384 g/mol. The molecule has 0 spiro atoms. The third-order valence-corrected chi connectivity index (χ3v) is 4.56. The van der Waals surface area contributed by atoms with Gasteiger partial charge >= 0.3 is 0 Å². The second kappa shape index (κ2) is 8.56. The van der Waals surface area contributed by atoms with Crippen molar-refractivity contribution in [3.63, 3.8) is 0 Å². The smallest absolute Gasteiger partial charge is 0.251 e. The third kappa shape index (κ3) is 3.69. The molecule has 1 heterocycles. The summed E-state index contributed by atoms with van der Waals surface area (Å²) in [5.41, 5.74) is 1.50. The van der Waals surface area contributed by atoms with Crippen molar-refractivity contribution in [1.29, 1.82) is 0 Å². The minimum absolute atomic E-state index is 0.215. The molecule has 28 heavy (non-hydrogen) atoms. The van der Waals surface area contributed by atoms with Crippen LogP contribution in [0.5, 0.6) is 23.0 Å². The first-order valence-electron chi connectivity index (χ1n) is 8.83. The fraction of sp³-hybridized carbons (Fsp3) is 0.286. The van der Waals surface area contributed by atoms with Crippen LogP contribution < -0.4 is 24.3 Å². The fourth-order valence-electron chi connectivity index (χ4n) is 3.17. The molecule has 7 nitrogen and oxygen atoms in total. The lowest BCUT2D eigenvalue weighted by atomic mass is 10.1. The van der Waals surface area contributed by atoms with Crippen LogP contribution in [-0.4, -0.2) is 45.5 Å². The minimum Gasteiger partial charge on any atom is -0.496 e.